The molecule has 3 aromatic carbocycles. The highest BCUT2D eigenvalue weighted by Gasteiger charge is 2.24. The Balaban J connectivity index is 1.65. The molecular weight excluding hydrogens is 382 g/mol. The fourth-order valence-corrected chi connectivity index (χ4v) is 3.91. The summed E-state index contributed by atoms with van der Waals surface area (Å²) in [6.07, 6.45) is 0. The maximum atomic E-state index is 12.8. The maximum absolute atomic E-state index is 12.8. The van der Waals surface area contributed by atoms with Gasteiger partial charge in [-0.1, -0.05) is 66.2 Å². The number of nitrogens with one attached hydrogen (secondary N) is 1. The standard InChI is InChI=1S/C24H23NO3S/c1-17-13-14-21(18(2)15-17)25-22(26)16-28-24(27)23(19-9-5-3-6-10-19)29-20-11-7-4-8-12-20/h3-15,23H,16H2,1-2H3,(H,25,26)/t23-/m1/s1. The second-order valence-corrected chi connectivity index (χ2v) is 7.87. The highest BCUT2D eigenvalue weighted by Crippen LogP contribution is 2.36. The summed E-state index contributed by atoms with van der Waals surface area (Å²) in [5.74, 6) is -0.803. The van der Waals surface area contributed by atoms with E-state index in [2.05, 4.69) is 5.32 Å². The monoisotopic (exact) mass is 405 g/mol. The van der Waals surface area contributed by atoms with Crippen molar-refractivity contribution in [1.82, 2.24) is 0 Å². The number of anilines is 1. The number of hydrogen-bond acceptors (Lipinski definition) is 4. The summed E-state index contributed by atoms with van der Waals surface area (Å²) < 4.78 is 5.36. The number of thioether (sulfide) groups is 1. The van der Waals surface area contributed by atoms with E-state index in [0.717, 1.165) is 27.3 Å². The molecule has 4 nitrogen and oxygen atoms in total. The van der Waals surface area contributed by atoms with Crippen LogP contribution < -0.4 is 5.32 Å². The molecule has 0 unspecified atom stereocenters. The number of aryl methyl sites for hydroxylation is 2. The normalized spacial score (nSPS) is 11.5. The number of amides is 1. The lowest BCUT2D eigenvalue weighted by molar-refractivity contribution is -0.146. The molecule has 0 aliphatic rings. The van der Waals surface area contributed by atoms with Gasteiger partial charge >= 0.3 is 5.97 Å². The fourth-order valence-electron chi connectivity index (χ4n) is 2.87. The summed E-state index contributed by atoms with van der Waals surface area (Å²) in [4.78, 5) is 26.0. The Labute approximate surface area is 175 Å². The topological polar surface area (TPSA) is 55.4 Å². The Morgan fingerprint density at radius 2 is 1.59 bits per heavy atom. The van der Waals surface area contributed by atoms with E-state index >= 15 is 0 Å². The molecule has 0 heterocycles. The van der Waals surface area contributed by atoms with E-state index in [1.807, 2.05) is 92.7 Å². The average molecular weight is 406 g/mol. The van der Waals surface area contributed by atoms with Gasteiger partial charge in [0.15, 0.2) is 6.61 Å². The zero-order valence-electron chi connectivity index (χ0n) is 16.4. The van der Waals surface area contributed by atoms with E-state index in [1.54, 1.807) is 0 Å². The van der Waals surface area contributed by atoms with Crippen molar-refractivity contribution in [1.29, 1.82) is 0 Å². The first-order valence-electron chi connectivity index (χ1n) is 9.33. The number of rotatable bonds is 7. The van der Waals surface area contributed by atoms with Gasteiger partial charge in [0.1, 0.15) is 5.25 Å². The molecule has 0 saturated carbocycles. The second-order valence-electron chi connectivity index (χ2n) is 6.70. The van der Waals surface area contributed by atoms with E-state index in [-0.39, 0.29) is 12.5 Å². The van der Waals surface area contributed by atoms with Crippen LogP contribution in [-0.4, -0.2) is 18.5 Å². The van der Waals surface area contributed by atoms with Crippen LogP contribution in [0, 0.1) is 13.8 Å². The van der Waals surface area contributed by atoms with Gasteiger partial charge < -0.3 is 10.1 Å². The average Bonchev–Trinajstić information content (AvgIpc) is 2.74. The van der Waals surface area contributed by atoms with Crippen molar-refractivity contribution in [3.05, 3.63) is 95.6 Å². The minimum absolute atomic E-state index is 0.329. The van der Waals surface area contributed by atoms with Gasteiger partial charge in [0.25, 0.3) is 5.91 Å². The van der Waals surface area contributed by atoms with Gasteiger partial charge in [0.05, 0.1) is 0 Å². The first kappa shape index (κ1) is 20.7. The summed E-state index contributed by atoms with van der Waals surface area (Å²) in [7, 11) is 0. The maximum Gasteiger partial charge on any atom is 0.324 e. The lowest BCUT2D eigenvalue weighted by atomic mass is 10.1. The highest BCUT2D eigenvalue weighted by atomic mass is 32.2. The van der Waals surface area contributed by atoms with Crippen molar-refractivity contribution in [2.24, 2.45) is 0 Å². The first-order valence-corrected chi connectivity index (χ1v) is 10.2. The van der Waals surface area contributed by atoms with Gasteiger partial charge in [-0.05, 0) is 43.2 Å². The Morgan fingerprint density at radius 3 is 2.24 bits per heavy atom. The van der Waals surface area contributed by atoms with Crippen LogP contribution in [0.3, 0.4) is 0 Å². The predicted molar refractivity (Wildman–Crippen MR) is 117 cm³/mol. The molecule has 0 aliphatic heterocycles. The molecule has 0 saturated heterocycles. The fraction of sp³-hybridized carbons (Fsp3) is 0.167. The molecule has 0 spiro atoms. The third-order valence-corrected chi connectivity index (χ3v) is 5.56. The Hall–Kier alpha value is -3.05. The van der Waals surface area contributed by atoms with E-state index in [4.69, 9.17) is 4.74 Å². The number of carbonyl (C=O) groups is 2. The van der Waals surface area contributed by atoms with Crippen molar-refractivity contribution in [2.45, 2.75) is 24.0 Å². The molecule has 1 amide bonds. The largest absolute Gasteiger partial charge is 0.454 e. The SMILES string of the molecule is Cc1ccc(NC(=O)COC(=O)[C@H](Sc2ccccc2)c2ccccc2)c(C)c1. The van der Waals surface area contributed by atoms with Crippen molar-refractivity contribution in [2.75, 3.05) is 11.9 Å². The van der Waals surface area contributed by atoms with Gasteiger partial charge in [-0.3, -0.25) is 9.59 Å². The first-order chi connectivity index (χ1) is 14.0. The zero-order valence-corrected chi connectivity index (χ0v) is 17.2. The molecule has 0 radical (unpaired) electrons. The van der Waals surface area contributed by atoms with Crippen LogP contribution in [0.1, 0.15) is 21.9 Å². The molecule has 5 heteroatoms. The minimum atomic E-state index is -0.549. The lowest BCUT2D eigenvalue weighted by Crippen LogP contribution is -2.23. The molecular formula is C24H23NO3S. The van der Waals surface area contributed by atoms with Crippen molar-refractivity contribution >= 4 is 29.3 Å². The number of benzene rings is 3. The number of esters is 1. The minimum Gasteiger partial charge on any atom is -0.454 e. The molecule has 1 N–H and O–H groups in total. The highest BCUT2D eigenvalue weighted by molar-refractivity contribution is 8.00. The van der Waals surface area contributed by atoms with Crippen molar-refractivity contribution in [3.63, 3.8) is 0 Å². The molecule has 0 aliphatic carbocycles. The van der Waals surface area contributed by atoms with E-state index in [9.17, 15) is 9.59 Å². The van der Waals surface area contributed by atoms with E-state index < -0.39 is 11.2 Å². The van der Waals surface area contributed by atoms with Crippen LogP contribution in [0.2, 0.25) is 0 Å². The third kappa shape index (κ3) is 5.96. The Morgan fingerprint density at radius 1 is 0.931 bits per heavy atom. The number of ether oxygens (including phenoxy) is 1. The quantitative estimate of drug-likeness (QED) is 0.427. The van der Waals surface area contributed by atoms with Gasteiger partial charge in [-0.25, -0.2) is 0 Å². The molecule has 0 bridgehead atoms. The van der Waals surface area contributed by atoms with Crippen LogP contribution in [0.25, 0.3) is 0 Å². The zero-order chi connectivity index (χ0) is 20.6. The molecule has 1 atom stereocenters. The van der Waals surface area contributed by atoms with E-state index in [0.29, 0.717) is 0 Å². The van der Waals surface area contributed by atoms with Crippen LogP contribution in [-0.2, 0) is 14.3 Å². The predicted octanol–water partition coefficient (Wildman–Crippen LogP) is 5.32. The second kappa shape index (κ2) is 9.94. The molecule has 29 heavy (non-hydrogen) atoms. The Kier molecular flexibility index (Phi) is 7.09. The van der Waals surface area contributed by atoms with Crippen molar-refractivity contribution in [3.8, 4) is 0 Å². The Bertz CT molecular complexity index is 974. The van der Waals surface area contributed by atoms with E-state index in [1.165, 1.54) is 11.8 Å². The van der Waals surface area contributed by atoms with Crippen molar-refractivity contribution < 1.29 is 14.3 Å². The third-order valence-electron chi connectivity index (χ3n) is 4.32. The van der Waals surface area contributed by atoms with Gasteiger partial charge in [0, 0.05) is 10.6 Å². The molecule has 3 rings (SSSR count). The summed E-state index contributed by atoms with van der Waals surface area (Å²) in [5.41, 5.74) is 3.64. The van der Waals surface area contributed by atoms with Crippen LogP contribution in [0.5, 0.6) is 0 Å². The van der Waals surface area contributed by atoms with Crippen LogP contribution in [0.4, 0.5) is 5.69 Å². The molecule has 3 aromatic rings. The molecule has 0 aromatic heterocycles. The molecule has 0 fully saturated rings. The van der Waals surface area contributed by atoms with Gasteiger partial charge in [-0.2, -0.15) is 0 Å². The lowest BCUT2D eigenvalue weighted by Gasteiger charge is -2.16. The van der Waals surface area contributed by atoms with Gasteiger partial charge in [0.2, 0.25) is 0 Å². The number of hydrogen-bond donors (Lipinski definition) is 1. The summed E-state index contributed by atoms with van der Waals surface area (Å²) in [6.45, 7) is 3.59. The summed E-state index contributed by atoms with van der Waals surface area (Å²) in [6, 6.07) is 24.9. The smallest absolute Gasteiger partial charge is 0.324 e. The van der Waals surface area contributed by atoms with Crippen LogP contribution in [0.15, 0.2) is 83.8 Å². The summed E-state index contributed by atoms with van der Waals surface area (Å²) >= 11 is 1.40. The summed E-state index contributed by atoms with van der Waals surface area (Å²) in [5, 5.41) is 2.25. The number of carbonyl (C=O) groups excluding carboxylic acids is 2. The van der Waals surface area contributed by atoms with Crippen LogP contribution >= 0.6 is 11.8 Å². The van der Waals surface area contributed by atoms with Gasteiger partial charge in [-0.15, -0.1) is 11.8 Å². The molecule has 148 valence electrons.